The summed E-state index contributed by atoms with van der Waals surface area (Å²) in [5.74, 6) is 0.278. The zero-order chi connectivity index (χ0) is 14.9. The molecular weight excluding hydrogens is 276 g/mol. The normalized spacial score (nSPS) is 34.6. The number of nitrogens with zero attached hydrogens (tertiary/aromatic N) is 1. The molecule has 0 aromatic heterocycles. The van der Waals surface area contributed by atoms with Crippen molar-refractivity contribution in [1.29, 1.82) is 0 Å². The molecular formula is C17H24N4O. The van der Waals surface area contributed by atoms with Gasteiger partial charge in [-0.15, -0.1) is 0 Å². The van der Waals surface area contributed by atoms with Crippen LogP contribution in [0, 0.1) is 5.92 Å². The maximum atomic E-state index is 13.0. The molecule has 22 heavy (non-hydrogen) atoms. The number of hydrazine groups is 1. The van der Waals surface area contributed by atoms with Crippen molar-refractivity contribution in [3.05, 3.63) is 35.9 Å². The molecule has 0 aliphatic carbocycles. The van der Waals surface area contributed by atoms with E-state index in [9.17, 15) is 4.79 Å². The van der Waals surface area contributed by atoms with Gasteiger partial charge in [0.25, 0.3) is 0 Å². The molecule has 1 amide bonds. The van der Waals surface area contributed by atoms with E-state index in [1.54, 1.807) is 0 Å². The fraction of sp³-hybridized carbons (Fsp3) is 0.588. The van der Waals surface area contributed by atoms with Gasteiger partial charge in [0, 0.05) is 31.7 Å². The highest BCUT2D eigenvalue weighted by Gasteiger charge is 2.39. The second-order valence-corrected chi connectivity index (χ2v) is 6.73. The minimum atomic E-state index is -0.0148. The van der Waals surface area contributed by atoms with Crippen LogP contribution in [0.25, 0.3) is 0 Å². The quantitative estimate of drug-likeness (QED) is 0.756. The van der Waals surface area contributed by atoms with Crippen molar-refractivity contribution in [2.75, 3.05) is 19.6 Å². The predicted octanol–water partition coefficient (Wildman–Crippen LogP) is 0.805. The monoisotopic (exact) mass is 300 g/mol. The van der Waals surface area contributed by atoms with Crippen LogP contribution in [0.3, 0.4) is 0 Å². The molecule has 4 rings (SSSR count). The van der Waals surface area contributed by atoms with Crippen molar-refractivity contribution < 1.29 is 4.79 Å². The van der Waals surface area contributed by atoms with Crippen molar-refractivity contribution >= 4 is 5.91 Å². The van der Waals surface area contributed by atoms with Gasteiger partial charge in [0.05, 0.1) is 12.0 Å². The minimum absolute atomic E-state index is 0.0148. The summed E-state index contributed by atoms with van der Waals surface area (Å²) in [6.07, 6.45) is 3.56. The Balaban J connectivity index is 1.49. The zero-order valence-electron chi connectivity index (χ0n) is 12.8. The average molecular weight is 300 g/mol. The van der Waals surface area contributed by atoms with Crippen LogP contribution in [0.15, 0.2) is 30.3 Å². The van der Waals surface area contributed by atoms with Gasteiger partial charge in [-0.2, -0.15) is 0 Å². The summed E-state index contributed by atoms with van der Waals surface area (Å²) < 4.78 is 0. The Morgan fingerprint density at radius 2 is 1.91 bits per heavy atom. The molecule has 5 nitrogen and oxygen atoms in total. The third-order valence-electron chi connectivity index (χ3n) is 5.29. The maximum absolute atomic E-state index is 13.0. The second-order valence-electron chi connectivity index (χ2n) is 6.73. The molecule has 0 spiro atoms. The minimum Gasteiger partial charge on any atom is -0.341 e. The number of amides is 1. The number of carbonyl (C=O) groups excluding carboxylic acids is 1. The predicted molar refractivity (Wildman–Crippen MR) is 85.0 cm³/mol. The first kappa shape index (κ1) is 14.2. The van der Waals surface area contributed by atoms with Crippen molar-refractivity contribution in [3.63, 3.8) is 0 Å². The Labute approximate surface area is 131 Å². The van der Waals surface area contributed by atoms with Crippen LogP contribution in [0.2, 0.25) is 0 Å². The van der Waals surface area contributed by atoms with Gasteiger partial charge in [-0.25, -0.2) is 5.43 Å². The summed E-state index contributed by atoms with van der Waals surface area (Å²) in [4.78, 5) is 15.1. The van der Waals surface area contributed by atoms with Crippen molar-refractivity contribution in [3.8, 4) is 0 Å². The zero-order valence-corrected chi connectivity index (χ0v) is 12.8. The van der Waals surface area contributed by atoms with Crippen LogP contribution < -0.4 is 16.2 Å². The van der Waals surface area contributed by atoms with E-state index in [2.05, 4.69) is 33.2 Å². The van der Waals surface area contributed by atoms with Crippen LogP contribution >= 0.6 is 0 Å². The molecule has 3 aliphatic rings. The van der Waals surface area contributed by atoms with Gasteiger partial charge < -0.3 is 10.2 Å². The van der Waals surface area contributed by atoms with Crippen molar-refractivity contribution in [2.24, 2.45) is 5.92 Å². The van der Waals surface area contributed by atoms with Crippen molar-refractivity contribution in [2.45, 2.75) is 37.4 Å². The molecule has 4 atom stereocenters. The lowest BCUT2D eigenvalue weighted by molar-refractivity contribution is -0.135. The Morgan fingerprint density at radius 3 is 2.77 bits per heavy atom. The largest absolute Gasteiger partial charge is 0.341 e. The Bertz CT molecular complexity index is 535. The maximum Gasteiger partial charge on any atom is 0.229 e. The molecule has 1 aromatic rings. The first-order valence-electron chi connectivity index (χ1n) is 8.39. The van der Waals surface area contributed by atoms with Gasteiger partial charge in [0.2, 0.25) is 5.91 Å². The fourth-order valence-electron chi connectivity index (χ4n) is 4.08. The molecule has 0 saturated carbocycles. The first-order valence-corrected chi connectivity index (χ1v) is 8.39. The molecule has 3 aliphatic heterocycles. The molecule has 3 heterocycles. The molecule has 118 valence electrons. The van der Waals surface area contributed by atoms with Crippen LogP contribution in [0.5, 0.6) is 0 Å². The molecule has 3 fully saturated rings. The number of likely N-dealkylation sites (tertiary alicyclic amines) is 1. The van der Waals surface area contributed by atoms with Gasteiger partial charge in [-0.3, -0.25) is 10.2 Å². The lowest BCUT2D eigenvalue weighted by Gasteiger charge is -2.29. The molecule has 5 heteroatoms. The highest BCUT2D eigenvalue weighted by molar-refractivity contribution is 5.80. The Hall–Kier alpha value is -1.43. The van der Waals surface area contributed by atoms with Gasteiger partial charge in [0.15, 0.2) is 0 Å². The van der Waals surface area contributed by atoms with Gasteiger partial charge in [-0.1, -0.05) is 30.3 Å². The van der Waals surface area contributed by atoms with E-state index in [0.29, 0.717) is 24.5 Å². The topological polar surface area (TPSA) is 56.4 Å². The molecule has 4 unspecified atom stereocenters. The molecule has 3 N–H and O–H groups in total. The lowest BCUT2D eigenvalue weighted by atomic mass is 9.93. The van der Waals surface area contributed by atoms with E-state index in [4.69, 9.17) is 0 Å². The molecule has 1 aromatic carbocycles. The second kappa shape index (κ2) is 5.99. The van der Waals surface area contributed by atoms with Crippen LogP contribution in [-0.2, 0) is 4.79 Å². The van der Waals surface area contributed by atoms with E-state index < -0.39 is 0 Å². The molecule has 0 radical (unpaired) electrons. The average Bonchev–Trinajstić information content (AvgIpc) is 3.14. The third kappa shape index (κ3) is 2.64. The number of benzene rings is 1. The molecule has 3 saturated heterocycles. The van der Waals surface area contributed by atoms with Gasteiger partial charge in [-0.05, 0) is 24.8 Å². The number of hydrogen-bond donors (Lipinski definition) is 3. The van der Waals surface area contributed by atoms with E-state index in [0.717, 1.165) is 19.5 Å². The highest BCUT2D eigenvalue weighted by atomic mass is 16.2. The summed E-state index contributed by atoms with van der Waals surface area (Å²) in [6, 6.07) is 11.5. The number of nitrogens with one attached hydrogen (secondary N) is 3. The lowest BCUT2D eigenvalue weighted by Crippen LogP contribution is -2.43. The SMILES string of the molecule is O=C(C1CNNC1c1ccccc1)N1CCC2CCC(C1)N2. The number of rotatable bonds is 2. The van der Waals surface area contributed by atoms with E-state index in [-0.39, 0.29) is 12.0 Å². The van der Waals surface area contributed by atoms with Gasteiger partial charge in [0.1, 0.15) is 0 Å². The first-order chi connectivity index (χ1) is 10.8. The number of hydrogen-bond acceptors (Lipinski definition) is 4. The van der Waals surface area contributed by atoms with Crippen LogP contribution in [0.1, 0.15) is 30.9 Å². The van der Waals surface area contributed by atoms with E-state index in [1.807, 2.05) is 18.2 Å². The van der Waals surface area contributed by atoms with Crippen LogP contribution in [-0.4, -0.2) is 42.5 Å². The summed E-state index contributed by atoms with van der Waals surface area (Å²) >= 11 is 0. The summed E-state index contributed by atoms with van der Waals surface area (Å²) in [7, 11) is 0. The van der Waals surface area contributed by atoms with E-state index in [1.165, 1.54) is 18.4 Å². The molecule has 2 bridgehead atoms. The summed E-state index contributed by atoms with van der Waals surface area (Å²) in [5, 5.41) is 3.65. The summed E-state index contributed by atoms with van der Waals surface area (Å²) in [6.45, 7) is 2.47. The van der Waals surface area contributed by atoms with E-state index >= 15 is 0 Å². The summed E-state index contributed by atoms with van der Waals surface area (Å²) in [5.41, 5.74) is 7.64. The fourth-order valence-corrected chi connectivity index (χ4v) is 4.08. The van der Waals surface area contributed by atoms with Crippen LogP contribution in [0.4, 0.5) is 0 Å². The highest BCUT2D eigenvalue weighted by Crippen LogP contribution is 2.28. The number of carbonyl (C=O) groups is 1. The van der Waals surface area contributed by atoms with Gasteiger partial charge >= 0.3 is 0 Å². The smallest absolute Gasteiger partial charge is 0.229 e. The van der Waals surface area contributed by atoms with Crippen molar-refractivity contribution in [1.82, 2.24) is 21.1 Å². The number of fused-ring (bicyclic) bond motifs is 2. The Kier molecular flexibility index (Phi) is 3.86. The third-order valence-corrected chi connectivity index (χ3v) is 5.29. The standard InChI is InChI=1S/C17H24N4O/c22-17(21-9-8-13-6-7-14(11-21)19-13)15-10-18-20-16(15)12-4-2-1-3-5-12/h1-5,13-16,18-20H,6-11H2. The Morgan fingerprint density at radius 1 is 1.09 bits per heavy atom.